The molecular weight excluding hydrogens is 265 g/mol. The van der Waals surface area contributed by atoms with Crippen LogP contribution in [-0.2, 0) is 11.2 Å². The van der Waals surface area contributed by atoms with E-state index in [-0.39, 0.29) is 11.9 Å². The second-order valence-corrected chi connectivity index (χ2v) is 5.56. The van der Waals surface area contributed by atoms with E-state index in [1.165, 1.54) is 6.07 Å². The third-order valence-electron chi connectivity index (χ3n) is 3.64. The molecule has 0 aromatic heterocycles. The predicted octanol–water partition coefficient (Wildman–Crippen LogP) is 3.43. The first kappa shape index (κ1) is 14.8. The van der Waals surface area contributed by atoms with Crippen molar-refractivity contribution in [3.8, 4) is 0 Å². The van der Waals surface area contributed by atoms with Gasteiger partial charge in [-0.1, -0.05) is 18.5 Å². The van der Waals surface area contributed by atoms with Crippen molar-refractivity contribution in [2.45, 2.75) is 32.2 Å². The van der Waals surface area contributed by atoms with Crippen LogP contribution >= 0.6 is 11.6 Å². The zero-order valence-electron chi connectivity index (χ0n) is 11.3. The quantitative estimate of drug-likeness (QED) is 0.865. The van der Waals surface area contributed by atoms with Crippen molar-refractivity contribution in [2.75, 3.05) is 19.8 Å². The second kappa shape index (κ2) is 7.22. The van der Waals surface area contributed by atoms with E-state index in [0.717, 1.165) is 32.6 Å². The summed E-state index contributed by atoms with van der Waals surface area (Å²) in [5.74, 6) is 0.288. The Morgan fingerprint density at radius 3 is 3.05 bits per heavy atom. The van der Waals surface area contributed by atoms with Crippen molar-refractivity contribution in [3.05, 3.63) is 34.6 Å². The number of nitrogens with one attached hydrogen (secondary N) is 1. The minimum absolute atomic E-state index is 0.174. The Balaban J connectivity index is 2.07. The fraction of sp³-hybridized carbons (Fsp3) is 0.600. The van der Waals surface area contributed by atoms with Crippen molar-refractivity contribution >= 4 is 11.6 Å². The first-order chi connectivity index (χ1) is 9.20. The normalized spacial score (nSPS) is 20.7. The highest BCUT2D eigenvalue weighted by atomic mass is 35.5. The van der Waals surface area contributed by atoms with Crippen molar-refractivity contribution in [2.24, 2.45) is 5.92 Å². The lowest BCUT2D eigenvalue weighted by molar-refractivity contribution is 0.176. The lowest BCUT2D eigenvalue weighted by Gasteiger charge is -2.24. The molecule has 1 aromatic carbocycles. The molecule has 1 N–H and O–H groups in total. The van der Waals surface area contributed by atoms with Crippen molar-refractivity contribution in [3.63, 3.8) is 0 Å². The first-order valence-corrected chi connectivity index (χ1v) is 7.33. The summed E-state index contributed by atoms with van der Waals surface area (Å²) in [4.78, 5) is 0. The molecule has 0 radical (unpaired) electrons. The summed E-state index contributed by atoms with van der Waals surface area (Å²) in [6, 6.07) is 5.02. The van der Waals surface area contributed by atoms with E-state index in [9.17, 15) is 4.39 Å². The van der Waals surface area contributed by atoms with Crippen molar-refractivity contribution in [1.29, 1.82) is 0 Å². The zero-order valence-corrected chi connectivity index (χ0v) is 12.0. The van der Waals surface area contributed by atoms with Gasteiger partial charge in [-0.15, -0.1) is 0 Å². The molecule has 4 heteroatoms. The van der Waals surface area contributed by atoms with Gasteiger partial charge in [0.15, 0.2) is 0 Å². The molecule has 0 bridgehead atoms. The van der Waals surface area contributed by atoms with Gasteiger partial charge in [0.05, 0.1) is 6.61 Å². The van der Waals surface area contributed by atoms with Crippen LogP contribution in [0.25, 0.3) is 0 Å². The molecule has 0 spiro atoms. The van der Waals surface area contributed by atoms with Gasteiger partial charge < -0.3 is 10.1 Å². The van der Waals surface area contributed by atoms with E-state index in [4.69, 9.17) is 16.3 Å². The monoisotopic (exact) mass is 285 g/mol. The SMILES string of the molecule is CCCNC(Cc1cc(Cl)ccc1F)C1CCOC1. The van der Waals surface area contributed by atoms with E-state index in [1.807, 2.05) is 0 Å². The maximum atomic E-state index is 13.8. The molecule has 0 amide bonds. The van der Waals surface area contributed by atoms with Crippen LogP contribution in [0, 0.1) is 11.7 Å². The van der Waals surface area contributed by atoms with E-state index < -0.39 is 0 Å². The summed E-state index contributed by atoms with van der Waals surface area (Å²) in [7, 11) is 0. The molecule has 1 aromatic rings. The third kappa shape index (κ3) is 4.16. The Labute approximate surface area is 119 Å². The van der Waals surface area contributed by atoms with Crippen LogP contribution < -0.4 is 5.32 Å². The minimum Gasteiger partial charge on any atom is -0.381 e. The average molecular weight is 286 g/mol. The molecule has 2 nitrogen and oxygen atoms in total. The zero-order chi connectivity index (χ0) is 13.7. The molecule has 19 heavy (non-hydrogen) atoms. The summed E-state index contributed by atoms with van der Waals surface area (Å²) < 4.78 is 19.3. The van der Waals surface area contributed by atoms with Crippen LogP contribution in [0.3, 0.4) is 0 Å². The van der Waals surface area contributed by atoms with Gasteiger partial charge in [0.1, 0.15) is 5.82 Å². The molecule has 2 atom stereocenters. The topological polar surface area (TPSA) is 21.3 Å². The fourth-order valence-electron chi connectivity index (χ4n) is 2.54. The summed E-state index contributed by atoms with van der Waals surface area (Å²) in [6.45, 7) is 4.66. The smallest absolute Gasteiger partial charge is 0.126 e. The van der Waals surface area contributed by atoms with Crippen LogP contribution in [0.1, 0.15) is 25.3 Å². The van der Waals surface area contributed by atoms with Crippen LogP contribution in [0.5, 0.6) is 0 Å². The molecule has 1 aliphatic rings. The summed E-state index contributed by atoms with van der Waals surface area (Å²) >= 11 is 5.95. The number of ether oxygens (including phenoxy) is 1. The number of rotatable bonds is 6. The maximum Gasteiger partial charge on any atom is 0.126 e. The van der Waals surface area contributed by atoms with E-state index >= 15 is 0 Å². The lowest BCUT2D eigenvalue weighted by Crippen LogP contribution is -2.39. The lowest BCUT2D eigenvalue weighted by atomic mass is 9.92. The van der Waals surface area contributed by atoms with Gasteiger partial charge in [-0.25, -0.2) is 4.39 Å². The number of benzene rings is 1. The Morgan fingerprint density at radius 2 is 2.37 bits per heavy atom. The van der Waals surface area contributed by atoms with Crippen molar-refractivity contribution < 1.29 is 9.13 Å². The number of halogens is 2. The molecule has 2 unspecified atom stereocenters. The molecule has 106 valence electrons. The van der Waals surface area contributed by atoms with E-state index in [0.29, 0.717) is 22.9 Å². The Morgan fingerprint density at radius 1 is 1.53 bits per heavy atom. The minimum atomic E-state index is -0.174. The van der Waals surface area contributed by atoms with Gasteiger partial charge in [0, 0.05) is 23.6 Å². The summed E-state index contributed by atoms with van der Waals surface area (Å²) in [5, 5.41) is 4.11. The van der Waals surface area contributed by atoms with E-state index in [2.05, 4.69) is 12.2 Å². The third-order valence-corrected chi connectivity index (χ3v) is 3.87. The van der Waals surface area contributed by atoms with Gasteiger partial charge >= 0.3 is 0 Å². The van der Waals surface area contributed by atoms with Crippen LogP contribution in [0.4, 0.5) is 4.39 Å². The maximum absolute atomic E-state index is 13.8. The van der Waals surface area contributed by atoms with Crippen LogP contribution in [-0.4, -0.2) is 25.8 Å². The second-order valence-electron chi connectivity index (χ2n) is 5.12. The standard InChI is InChI=1S/C15H21ClFNO/c1-2-6-18-15(11-5-7-19-10-11)9-12-8-13(16)3-4-14(12)17/h3-4,8,11,15,18H,2,5-7,9-10H2,1H3. The predicted molar refractivity (Wildman–Crippen MR) is 76.1 cm³/mol. The Bertz CT molecular complexity index is 407. The van der Waals surface area contributed by atoms with Gasteiger partial charge in [0.25, 0.3) is 0 Å². The highest BCUT2D eigenvalue weighted by Gasteiger charge is 2.26. The Hall–Kier alpha value is -0.640. The molecule has 1 saturated heterocycles. The van der Waals surface area contributed by atoms with Gasteiger partial charge in [-0.05, 0) is 49.6 Å². The van der Waals surface area contributed by atoms with E-state index in [1.54, 1.807) is 12.1 Å². The number of hydrogen-bond donors (Lipinski definition) is 1. The molecule has 1 fully saturated rings. The first-order valence-electron chi connectivity index (χ1n) is 6.95. The molecular formula is C15H21ClFNO. The molecule has 1 aliphatic heterocycles. The van der Waals surface area contributed by atoms with Gasteiger partial charge in [-0.3, -0.25) is 0 Å². The summed E-state index contributed by atoms with van der Waals surface area (Å²) in [5.41, 5.74) is 0.688. The van der Waals surface area contributed by atoms with Gasteiger partial charge in [0.2, 0.25) is 0 Å². The molecule has 2 rings (SSSR count). The van der Waals surface area contributed by atoms with Crippen molar-refractivity contribution in [1.82, 2.24) is 5.32 Å². The summed E-state index contributed by atoms with van der Waals surface area (Å²) in [6.07, 6.45) is 2.78. The van der Waals surface area contributed by atoms with Crippen LogP contribution in [0.15, 0.2) is 18.2 Å². The highest BCUT2D eigenvalue weighted by molar-refractivity contribution is 6.30. The largest absolute Gasteiger partial charge is 0.381 e. The fourth-order valence-corrected chi connectivity index (χ4v) is 2.74. The van der Waals surface area contributed by atoms with Crippen LogP contribution in [0.2, 0.25) is 5.02 Å². The average Bonchev–Trinajstić information content (AvgIpc) is 2.92. The van der Waals surface area contributed by atoms with Gasteiger partial charge in [-0.2, -0.15) is 0 Å². The molecule has 0 saturated carbocycles. The molecule has 0 aliphatic carbocycles. The highest BCUT2D eigenvalue weighted by Crippen LogP contribution is 2.23. The molecule has 1 heterocycles. The Kier molecular flexibility index (Phi) is 5.61. The number of hydrogen-bond acceptors (Lipinski definition) is 2.